The number of para-hydroxylation sites is 2. The predicted octanol–water partition coefficient (Wildman–Crippen LogP) is 4.88. The lowest BCUT2D eigenvalue weighted by atomic mass is 9.76. The molecule has 0 fully saturated rings. The average molecular weight is 495 g/mol. The van der Waals surface area contributed by atoms with E-state index in [1.807, 2.05) is 92.7 Å². The summed E-state index contributed by atoms with van der Waals surface area (Å²) in [5.74, 6) is 0.940. The third-order valence-electron chi connectivity index (χ3n) is 7.07. The van der Waals surface area contributed by atoms with Crippen molar-refractivity contribution in [2.24, 2.45) is 5.10 Å². The largest absolute Gasteiger partial charge is 0.497 e. The highest BCUT2D eigenvalue weighted by molar-refractivity contribution is 6.23. The number of hydrazone groups is 1. The summed E-state index contributed by atoms with van der Waals surface area (Å²) < 4.78 is 19.8. The molecule has 3 aromatic carbocycles. The Labute approximate surface area is 214 Å². The Hall–Kier alpha value is -4.59. The van der Waals surface area contributed by atoms with E-state index in [9.17, 15) is 4.79 Å². The quantitative estimate of drug-likeness (QED) is 0.395. The van der Waals surface area contributed by atoms with Crippen LogP contribution < -0.4 is 19.2 Å². The number of fused-ring (bicyclic) bond motifs is 1. The molecule has 3 heterocycles. The summed E-state index contributed by atoms with van der Waals surface area (Å²) in [5.41, 5.74) is 3.03. The Morgan fingerprint density at radius 3 is 2.22 bits per heavy atom. The van der Waals surface area contributed by atoms with Gasteiger partial charge >= 0.3 is 0 Å². The van der Waals surface area contributed by atoms with Crippen LogP contribution in [0.4, 0.5) is 5.69 Å². The second kappa shape index (κ2) is 8.51. The van der Waals surface area contributed by atoms with Gasteiger partial charge < -0.3 is 14.2 Å². The zero-order chi connectivity index (χ0) is 25.7. The molecule has 2 aliphatic heterocycles. The minimum atomic E-state index is -1.41. The van der Waals surface area contributed by atoms with Gasteiger partial charge in [-0.2, -0.15) is 15.2 Å². The molecule has 8 heteroatoms. The van der Waals surface area contributed by atoms with Gasteiger partial charge in [0.2, 0.25) is 11.5 Å². The smallest absolute Gasteiger partial charge is 0.298 e. The maximum Gasteiger partial charge on any atom is 0.298 e. The number of hydrogen-bond acceptors (Lipinski definition) is 6. The molecule has 1 aromatic heterocycles. The van der Waals surface area contributed by atoms with Crippen molar-refractivity contribution in [1.82, 2.24) is 9.78 Å². The van der Waals surface area contributed by atoms with Crippen LogP contribution in [0, 0.1) is 6.92 Å². The molecule has 4 aromatic rings. The summed E-state index contributed by atoms with van der Waals surface area (Å²) >= 11 is 0. The second-order valence-electron chi connectivity index (χ2n) is 9.07. The van der Waals surface area contributed by atoms with Crippen LogP contribution in [-0.4, -0.2) is 41.2 Å². The third-order valence-corrected chi connectivity index (χ3v) is 7.07. The molecule has 0 bridgehead atoms. The molecular weight excluding hydrogens is 468 g/mol. The van der Waals surface area contributed by atoms with Crippen molar-refractivity contribution in [2.45, 2.75) is 25.4 Å². The number of carbonyl (C=O) groups is 1. The van der Waals surface area contributed by atoms with E-state index in [4.69, 9.17) is 24.4 Å². The van der Waals surface area contributed by atoms with Crippen molar-refractivity contribution in [1.29, 1.82) is 0 Å². The van der Waals surface area contributed by atoms with Crippen LogP contribution in [0.25, 0.3) is 5.69 Å². The van der Waals surface area contributed by atoms with Crippen molar-refractivity contribution >= 4 is 17.3 Å². The van der Waals surface area contributed by atoms with Gasteiger partial charge in [-0.05, 0) is 44.2 Å². The minimum absolute atomic E-state index is 0.269. The molecule has 186 valence electrons. The number of hydrogen-bond donors (Lipinski definition) is 0. The molecule has 0 N–H and O–H groups in total. The molecule has 8 nitrogen and oxygen atoms in total. The van der Waals surface area contributed by atoms with Crippen molar-refractivity contribution in [2.75, 3.05) is 19.2 Å². The highest BCUT2D eigenvalue weighted by Crippen LogP contribution is 2.55. The van der Waals surface area contributed by atoms with Crippen molar-refractivity contribution in [3.8, 4) is 23.1 Å². The number of nitrogens with zero attached hydrogens (tertiary/aromatic N) is 4. The number of benzene rings is 3. The van der Waals surface area contributed by atoms with Gasteiger partial charge in [0.05, 0.1) is 42.9 Å². The van der Waals surface area contributed by atoms with Gasteiger partial charge in [-0.15, -0.1) is 0 Å². The summed E-state index contributed by atoms with van der Waals surface area (Å²) in [7, 11) is 3.21. The first kappa shape index (κ1) is 22.8. The number of aromatic nitrogens is 2. The maximum absolute atomic E-state index is 14.4. The van der Waals surface area contributed by atoms with Gasteiger partial charge in [-0.3, -0.25) is 4.79 Å². The van der Waals surface area contributed by atoms with Gasteiger partial charge in [-0.25, -0.2) is 4.68 Å². The van der Waals surface area contributed by atoms with Crippen molar-refractivity contribution in [3.05, 3.63) is 95.7 Å². The van der Waals surface area contributed by atoms with Crippen LogP contribution in [0.3, 0.4) is 0 Å². The van der Waals surface area contributed by atoms with Gasteiger partial charge in [-0.1, -0.05) is 42.5 Å². The van der Waals surface area contributed by atoms with E-state index in [-0.39, 0.29) is 5.91 Å². The second-order valence-corrected chi connectivity index (χ2v) is 9.07. The summed E-state index contributed by atoms with van der Waals surface area (Å²) in [6, 6.07) is 24.7. The lowest BCUT2D eigenvalue weighted by Crippen LogP contribution is -2.53. The lowest BCUT2D eigenvalue weighted by Gasteiger charge is -2.31. The Morgan fingerprint density at radius 1 is 0.892 bits per heavy atom. The van der Waals surface area contributed by atoms with Crippen LogP contribution in [0.2, 0.25) is 0 Å². The number of carbonyl (C=O) groups excluding carboxylic acids is 1. The Balaban J connectivity index is 1.60. The summed E-state index contributed by atoms with van der Waals surface area (Å²) in [6.07, 6.45) is 0. The summed E-state index contributed by atoms with van der Waals surface area (Å²) in [6.45, 7) is 3.77. The Kier molecular flexibility index (Phi) is 5.26. The van der Waals surface area contributed by atoms with E-state index in [1.165, 1.54) is 5.01 Å². The SMILES string of the molecule is COc1ccc(C2c3c(C)nn(-c4ccccc4)c3OC23C(=O)N(c2ccccc2)N=C3C)c(OC)c1. The van der Waals surface area contributed by atoms with Crippen LogP contribution in [0.15, 0.2) is 84.0 Å². The van der Waals surface area contributed by atoms with Crippen molar-refractivity contribution < 1.29 is 19.0 Å². The number of amides is 1. The number of ether oxygens (including phenoxy) is 3. The first-order valence-electron chi connectivity index (χ1n) is 12.0. The molecule has 2 atom stereocenters. The molecule has 0 saturated heterocycles. The van der Waals surface area contributed by atoms with Gasteiger partial charge in [0, 0.05) is 17.2 Å². The predicted molar refractivity (Wildman–Crippen MR) is 140 cm³/mol. The Morgan fingerprint density at radius 2 is 1.57 bits per heavy atom. The fourth-order valence-corrected chi connectivity index (χ4v) is 5.31. The molecule has 6 rings (SSSR count). The number of methoxy groups -OCH3 is 2. The maximum atomic E-state index is 14.4. The zero-order valence-corrected chi connectivity index (χ0v) is 21.0. The number of aryl methyl sites for hydroxylation is 1. The van der Waals surface area contributed by atoms with E-state index < -0.39 is 11.5 Å². The molecule has 0 aliphatic carbocycles. The van der Waals surface area contributed by atoms with Crippen LogP contribution in [0.1, 0.15) is 29.7 Å². The molecule has 2 unspecified atom stereocenters. The first-order valence-corrected chi connectivity index (χ1v) is 12.0. The average Bonchev–Trinajstić information content (AvgIpc) is 3.54. The lowest BCUT2D eigenvalue weighted by molar-refractivity contribution is -0.127. The fraction of sp³-hybridized carbons (Fsp3) is 0.207. The topological polar surface area (TPSA) is 78.2 Å². The number of rotatable bonds is 5. The third kappa shape index (κ3) is 3.25. The standard InChI is InChI=1S/C29H26N4O4/c1-18-25-26(23-16-15-22(35-3)17-24(23)36-4)29(37-27(25)32(30-18)20-11-7-5-8-12-20)19(2)31-33(28(29)34)21-13-9-6-10-14-21/h5-17,26H,1-4H3. The van der Waals surface area contributed by atoms with E-state index in [2.05, 4.69) is 0 Å². The molecule has 1 amide bonds. The molecule has 37 heavy (non-hydrogen) atoms. The van der Waals surface area contributed by atoms with Crippen LogP contribution >= 0.6 is 0 Å². The van der Waals surface area contributed by atoms with E-state index >= 15 is 0 Å². The highest BCUT2D eigenvalue weighted by atomic mass is 16.5. The number of anilines is 1. The van der Waals surface area contributed by atoms with Gasteiger partial charge in [0.1, 0.15) is 11.5 Å². The van der Waals surface area contributed by atoms with Gasteiger partial charge in [0.15, 0.2) is 0 Å². The van der Waals surface area contributed by atoms with E-state index in [0.29, 0.717) is 28.8 Å². The molecule has 2 aliphatic rings. The normalized spacial score (nSPS) is 20.1. The monoisotopic (exact) mass is 494 g/mol. The highest BCUT2D eigenvalue weighted by Gasteiger charge is 2.64. The van der Waals surface area contributed by atoms with Crippen LogP contribution in [0.5, 0.6) is 17.4 Å². The molecule has 1 spiro atoms. The zero-order valence-electron chi connectivity index (χ0n) is 21.0. The van der Waals surface area contributed by atoms with Gasteiger partial charge in [0.25, 0.3) is 5.91 Å². The van der Waals surface area contributed by atoms with Crippen molar-refractivity contribution in [3.63, 3.8) is 0 Å². The first-order chi connectivity index (χ1) is 18.0. The van der Waals surface area contributed by atoms with E-state index in [1.54, 1.807) is 18.9 Å². The minimum Gasteiger partial charge on any atom is -0.497 e. The molecule has 0 radical (unpaired) electrons. The fourth-order valence-electron chi connectivity index (χ4n) is 5.31. The van der Waals surface area contributed by atoms with E-state index in [0.717, 1.165) is 22.5 Å². The molecular formula is C29H26N4O4. The molecule has 0 saturated carbocycles. The summed E-state index contributed by atoms with van der Waals surface area (Å²) in [5, 5.41) is 11.0. The van der Waals surface area contributed by atoms with Crippen LogP contribution in [-0.2, 0) is 4.79 Å². The summed E-state index contributed by atoms with van der Waals surface area (Å²) in [4.78, 5) is 14.4. The Bertz CT molecular complexity index is 1530.